The van der Waals surface area contributed by atoms with Gasteiger partial charge in [0.1, 0.15) is 6.04 Å². The first-order chi connectivity index (χ1) is 13.9. The first kappa shape index (κ1) is 23.2. The van der Waals surface area contributed by atoms with E-state index in [2.05, 4.69) is 12.2 Å². The summed E-state index contributed by atoms with van der Waals surface area (Å²) in [7, 11) is 0. The van der Waals surface area contributed by atoms with Crippen molar-refractivity contribution in [1.29, 1.82) is 0 Å². The van der Waals surface area contributed by atoms with Crippen LogP contribution in [0, 0.1) is 0 Å². The highest BCUT2D eigenvalue weighted by Gasteiger charge is 2.26. The maximum absolute atomic E-state index is 13.1. The molecule has 0 fully saturated rings. The number of hydrogen-bond donors (Lipinski definition) is 1. The lowest BCUT2D eigenvalue weighted by molar-refractivity contribution is -0.139. The number of halogens is 2. The van der Waals surface area contributed by atoms with Crippen LogP contribution in [0.5, 0.6) is 0 Å². The van der Waals surface area contributed by atoms with Crippen molar-refractivity contribution in [2.75, 3.05) is 13.1 Å². The molecule has 0 aliphatic heterocycles. The molecule has 0 spiro atoms. The molecule has 0 saturated heterocycles. The minimum atomic E-state index is -0.579. The minimum absolute atomic E-state index is 0.0554. The number of benzene rings is 2. The lowest BCUT2D eigenvalue weighted by atomic mass is 10.1. The van der Waals surface area contributed by atoms with Crippen LogP contribution in [0.1, 0.15) is 37.8 Å². The second-order valence-electron chi connectivity index (χ2n) is 7.02. The molecule has 4 nitrogen and oxygen atoms in total. The molecule has 6 heteroatoms. The number of nitrogens with zero attached hydrogens (tertiary/aromatic N) is 1. The number of carbonyl (C=O) groups is 2. The quantitative estimate of drug-likeness (QED) is 0.539. The van der Waals surface area contributed by atoms with Gasteiger partial charge in [-0.25, -0.2) is 0 Å². The standard InChI is InChI=1S/C23H28Cl2N2O2/c1-3-4-14-26-23(29)17(2)27(15-13-18-9-6-5-7-10-18)22(28)16-19-20(24)11-8-12-21(19)25/h5-12,17H,3-4,13-16H2,1-2H3,(H,26,29). The Morgan fingerprint density at radius 1 is 1.03 bits per heavy atom. The van der Waals surface area contributed by atoms with Gasteiger partial charge in [-0.15, -0.1) is 0 Å². The molecule has 156 valence electrons. The summed E-state index contributed by atoms with van der Waals surface area (Å²) < 4.78 is 0. The maximum atomic E-state index is 13.1. The molecule has 0 aromatic heterocycles. The number of amides is 2. The average molecular weight is 435 g/mol. The first-order valence-corrected chi connectivity index (χ1v) is 10.7. The molecule has 2 amide bonds. The molecule has 29 heavy (non-hydrogen) atoms. The van der Waals surface area contributed by atoms with Crippen LogP contribution in [0.15, 0.2) is 48.5 Å². The highest BCUT2D eigenvalue weighted by molar-refractivity contribution is 6.36. The molecule has 1 atom stereocenters. The fraction of sp³-hybridized carbons (Fsp3) is 0.391. The van der Waals surface area contributed by atoms with Crippen molar-refractivity contribution in [2.45, 2.75) is 45.6 Å². The molecule has 0 bridgehead atoms. The monoisotopic (exact) mass is 434 g/mol. The topological polar surface area (TPSA) is 49.4 Å². The van der Waals surface area contributed by atoms with E-state index in [9.17, 15) is 9.59 Å². The average Bonchev–Trinajstić information content (AvgIpc) is 2.71. The van der Waals surface area contributed by atoms with Gasteiger partial charge >= 0.3 is 0 Å². The molecule has 0 heterocycles. The Morgan fingerprint density at radius 2 is 1.69 bits per heavy atom. The fourth-order valence-corrected chi connectivity index (χ4v) is 3.59. The van der Waals surface area contributed by atoms with Gasteiger partial charge in [0.15, 0.2) is 0 Å². The summed E-state index contributed by atoms with van der Waals surface area (Å²) in [4.78, 5) is 27.4. The van der Waals surface area contributed by atoms with Crippen LogP contribution >= 0.6 is 23.2 Å². The second kappa shape index (κ2) is 11.8. The molecule has 2 aromatic rings. The van der Waals surface area contributed by atoms with Crippen molar-refractivity contribution in [3.8, 4) is 0 Å². The molecular formula is C23H28Cl2N2O2. The zero-order chi connectivity index (χ0) is 21.2. The SMILES string of the molecule is CCCCNC(=O)C(C)N(CCc1ccccc1)C(=O)Cc1c(Cl)cccc1Cl. The van der Waals surface area contributed by atoms with Crippen LogP contribution in [0.25, 0.3) is 0 Å². The third kappa shape index (κ3) is 7.06. The Kier molecular flexibility index (Phi) is 9.49. The van der Waals surface area contributed by atoms with Gasteiger partial charge in [0.25, 0.3) is 0 Å². The molecule has 2 aromatic carbocycles. The van der Waals surface area contributed by atoms with Gasteiger partial charge in [-0.05, 0) is 43.0 Å². The largest absolute Gasteiger partial charge is 0.354 e. The summed E-state index contributed by atoms with van der Waals surface area (Å²) in [5.41, 5.74) is 1.70. The molecule has 0 aliphatic carbocycles. The number of rotatable bonds is 10. The molecule has 1 unspecified atom stereocenters. The molecule has 1 N–H and O–H groups in total. The van der Waals surface area contributed by atoms with Crippen molar-refractivity contribution >= 4 is 35.0 Å². The predicted octanol–water partition coefficient (Wildman–Crippen LogP) is 4.91. The number of carbonyl (C=O) groups excluding carboxylic acids is 2. The van der Waals surface area contributed by atoms with Crippen LogP contribution in [-0.2, 0) is 22.4 Å². The van der Waals surface area contributed by atoms with Crippen molar-refractivity contribution in [3.63, 3.8) is 0 Å². The maximum Gasteiger partial charge on any atom is 0.242 e. The Balaban J connectivity index is 2.15. The van der Waals surface area contributed by atoms with E-state index < -0.39 is 6.04 Å². The molecule has 0 radical (unpaired) electrons. The number of hydrogen-bond acceptors (Lipinski definition) is 2. The Morgan fingerprint density at radius 3 is 2.31 bits per heavy atom. The van der Waals surface area contributed by atoms with Gasteiger partial charge < -0.3 is 10.2 Å². The smallest absolute Gasteiger partial charge is 0.242 e. The lowest BCUT2D eigenvalue weighted by Gasteiger charge is -2.29. The van der Waals surface area contributed by atoms with Crippen molar-refractivity contribution in [3.05, 3.63) is 69.7 Å². The van der Waals surface area contributed by atoms with E-state index in [-0.39, 0.29) is 18.2 Å². The fourth-order valence-electron chi connectivity index (χ4n) is 3.06. The van der Waals surface area contributed by atoms with E-state index in [4.69, 9.17) is 23.2 Å². The van der Waals surface area contributed by atoms with Crippen LogP contribution in [-0.4, -0.2) is 35.8 Å². The van der Waals surface area contributed by atoms with Gasteiger partial charge in [-0.3, -0.25) is 9.59 Å². The normalized spacial score (nSPS) is 11.7. The summed E-state index contributed by atoms with van der Waals surface area (Å²) in [5.74, 6) is -0.320. The third-order valence-corrected chi connectivity index (χ3v) is 5.58. The van der Waals surface area contributed by atoms with E-state index in [1.165, 1.54) is 0 Å². The van der Waals surface area contributed by atoms with E-state index in [1.54, 1.807) is 30.0 Å². The molecule has 0 aliphatic rings. The van der Waals surface area contributed by atoms with Crippen LogP contribution in [0.4, 0.5) is 0 Å². The van der Waals surface area contributed by atoms with Crippen LogP contribution in [0.3, 0.4) is 0 Å². The highest BCUT2D eigenvalue weighted by atomic mass is 35.5. The third-order valence-electron chi connectivity index (χ3n) is 4.87. The summed E-state index contributed by atoms with van der Waals surface area (Å²) in [5, 5.41) is 3.82. The first-order valence-electron chi connectivity index (χ1n) is 9.98. The minimum Gasteiger partial charge on any atom is -0.354 e. The zero-order valence-corrected chi connectivity index (χ0v) is 18.5. The van der Waals surface area contributed by atoms with Crippen molar-refractivity contribution < 1.29 is 9.59 Å². The molecule has 2 rings (SSSR count). The van der Waals surface area contributed by atoms with E-state index in [0.29, 0.717) is 35.1 Å². The zero-order valence-electron chi connectivity index (χ0n) is 17.0. The molecular weight excluding hydrogens is 407 g/mol. The Hall–Kier alpha value is -2.04. The summed E-state index contributed by atoms with van der Waals surface area (Å²) in [6, 6.07) is 14.5. The van der Waals surface area contributed by atoms with E-state index >= 15 is 0 Å². The summed E-state index contributed by atoms with van der Waals surface area (Å²) in [6.07, 6.45) is 2.62. The van der Waals surface area contributed by atoms with Crippen molar-refractivity contribution in [1.82, 2.24) is 10.2 Å². The number of unbranched alkanes of at least 4 members (excludes halogenated alkanes) is 1. The molecule has 0 saturated carbocycles. The second-order valence-corrected chi connectivity index (χ2v) is 7.83. The summed E-state index contributed by atoms with van der Waals surface area (Å²) >= 11 is 12.5. The Bertz CT molecular complexity index is 792. The van der Waals surface area contributed by atoms with Crippen molar-refractivity contribution in [2.24, 2.45) is 0 Å². The highest BCUT2D eigenvalue weighted by Crippen LogP contribution is 2.25. The summed E-state index contributed by atoms with van der Waals surface area (Å²) in [6.45, 7) is 4.88. The Labute approximate surface area is 183 Å². The van der Waals surface area contributed by atoms with Gasteiger partial charge in [0.2, 0.25) is 11.8 Å². The van der Waals surface area contributed by atoms with Gasteiger partial charge in [0, 0.05) is 23.1 Å². The van der Waals surface area contributed by atoms with Crippen LogP contribution in [0.2, 0.25) is 10.0 Å². The van der Waals surface area contributed by atoms with Gasteiger partial charge in [0.05, 0.1) is 6.42 Å². The van der Waals surface area contributed by atoms with Gasteiger partial charge in [-0.1, -0.05) is 72.9 Å². The predicted molar refractivity (Wildman–Crippen MR) is 119 cm³/mol. The van der Waals surface area contributed by atoms with E-state index in [1.807, 2.05) is 30.3 Å². The van der Waals surface area contributed by atoms with Gasteiger partial charge in [-0.2, -0.15) is 0 Å². The lowest BCUT2D eigenvalue weighted by Crippen LogP contribution is -2.49. The van der Waals surface area contributed by atoms with Crippen LogP contribution < -0.4 is 5.32 Å². The van der Waals surface area contributed by atoms with E-state index in [0.717, 1.165) is 18.4 Å². The number of nitrogens with one attached hydrogen (secondary N) is 1.